The van der Waals surface area contributed by atoms with Gasteiger partial charge < -0.3 is 20.4 Å². The summed E-state index contributed by atoms with van der Waals surface area (Å²) in [6.07, 6.45) is 6.87. The van der Waals surface area contributed by atoms with E-state index in [2.05, 4.69) is 11.8 Å². The summed E-state index contributed by atoms with van der Waals surface area (Å²) >= 11 is 0. The van der Waals surface area contributed by atoms with Crippen LogP contribution < -0.4 is 0 Å². The number of allylic oxidation sites excluding steroid dienone is 5. The summed E-state index contributed by atoms with van der Waals surface area (Å²) < 4.78 is 13.4. The first kappa shape index (κ1) is 24.1. The fourth-order valence-electron chi connectivity index (χ4n) is 1.95. The van der Waals surface area contributed by atoms with Gasteiger partial charge in [-0.3, -0.25) is 4.79 Å². The van der Waals surface area contributed by atoms with Crippen molar-refractivity contribution in [3.05, 3.63) is 36.5 Å². The van der Waals surface area contributed by atoms with Gasteiger partial charge in [0.15, 0.2) is 0 Å². The Balaban J connectivity index is 4.14. The first-order valence-corrected chi connectivity index (χ1v) is 8.79. The van der Waals surface area contributed by atoms with Gasteiger partial charge in [-0.05, 0) is 25.3 Å². The number of unbranched alkanes of at least 4 members (excludes halogenated alkanes) is 1. The molecule has 0 saturated heterocycles. The fraction of sp³-hybridized carbons (Fsp3) is 0.550. The lowest BCUT2D eigenvalue weighted by Gasteiger charge is -2.13. The number of carbonyl (C=O) groups is 1. The second kappa shape index (κ2) is 15.3. The van der Waals surface area contributed by atoms with Gasteiger partial charge >= 0.3 is 5.97 Å². The maximum absolute atomic E-state index is 13.4. The van der Waals surface area contributed by atoms with Crippen LogP contribution in [-0.2, 0) is 4.79 Å². The Hall–Kier alpha value is -1.94. The van der Waals surface area contributed by atoms with Crippen LogP contribution in [0.15, 0.2) is 36.5 Å². The van der Waals surface area contributed by atoms with E-state index in [1.54, 1.807) is 24.3 Å². The molecule has 5 nitrogen and oxygen atoms in total. The van der Waals surface area contributed by atoms with Crippen LogP contribution in [0.2, 0.25) is 0 Å². The molecule has 0 spiro atoms. The van der Waals surface area contributed by atoms with E-state index in [1.807, 2.05) is 6.92 Å². The Labute approximate surface area is 154 Å². The highest BCUT2D eigenvalue weighted by Crippen LogP contribution is 2.08. The SMILES string of the molecule is CCCC[C@H](F)[C@@H](O)C#C\C=C/C=C/C=C/[C@@H](O)[C@@H](O)CCCC(=O)O. The molecule has 0 aliphatic rings. The molecule has 0 amide bonds. The Morgan fingerprint density at radius 3 is 2.42 bits per heavy atom. The van der Waals surface area contributed by atoms with Crippen LogP contribution in [-0.4, -0.2) is 50.9 Å². The van der Waals surface area contributed by atoms with E-state index in [0.29, 0.717) is 19.3 Å². The van der Waals surface area contributed by atoms with Crippen molar-refractivity contribution in [2.75, 3.05) is 0 Å². The molecular formula is C20H29FO5. The van der Waals surface area contributed by atoms with Gasteiger partial charge in [0, 0.05) is 6.42 Å². The standard InChI is InChI=1S/C20H29FO5/c1-2-3-11-16(21)17(22)12-8-6-4-5-7-9-13-18(23)19(24)14-10-15-20(25)26/h4-7,9,13,16-19,22-24H,2-3,10-11,14-15H2,1H3,(H,25,26)/b6-4-,7-5+,13-9+/t16-,17-,18+,19-/m0/s1. The predicted molar refractivity (Wildman–Crippen MR) is 99.1 cm³/mol. The number of halogens is 1. The molecule has 0 unspecified atom stereocenters. The van der Waals surface area contributed by atoms with Crippen LogP contribution in [0.4, 0.5) is 4.39 Å². The highest BCUT2D eigenvalue weighted by molar-refractivity contribution is 5.66. The molecule has 6 heteroatoms. The van der Waals surface area contributed by atoms with Crippen LogP contribution in [0, 0.1) is 11.8 Å². The lowest BCUT2D eigenvalue weighted by atomic mass is 10.1. The summed E-state index contributed by atoms with van der Waals surface area (Å²) in [5, 5.41) is 37.3. The quantitative estimate of drug-likeness (QED) is 0.313. The molecule has 0 aromatic rings. The smallest absolute Gasteiger partial charge is 0.303 e. The third kappa shape index (κ3) is 13.4. The highest BCUT2D eigenvalue weighted by Gasteiger charge is 2.14. The van der Waals surface area contributed by atoms with Gasteiger partial charge in [0.05, 0.1) is 12.2 Å². The normalized spacial score (nSPS) is 16.5. The molecule has 146 valence electrons. The molecule has 0 heterocycles. The van der Waals surface area contributed by atoms with Crippen molar-refractivity contribution in [3.8, 4) is 11.8 Å². The number of aliphatic hydroxyl groups excluding tert-OH is 3. The van der Waals surface area contributed by atoms with Crippen LogP contribution >= 0.6 is 0 Å². The molecule has 0 aromatic carbocycles. The zero-order valence-electron chi connectivity index (χ0n) is 15.1. The molecule has 4 N–H and O–H groups in total. The maximum atomic E-state index is 13.4. The van der Waals surface area contributed by atoms with Gasteiger partial charge in [-0.15, -0.1) is 0 Å². The second-order valence-corrected chi connectivity index (χ2v) is 5.86. The summed E-state index contributed by atoms with van der Waals surface area (Å²) in [5.74, 6) is 4.04. The lowest BCUT2D eigenvalue weighted by molar-refractivity contribution is -0.137. The molecule has 26 heavy (non-hydrogen) atoms. The molecule has 0 aromatic heterocycles. The van der Waals surface area contributed by atoms with E-state index in [0.717, 1.165) is 6.42 Å². The van der Waals surface area contributed by atoms with Crippen LogP contribution in [0.1, 0.15) is 45.4 Å². The minimum atomic E-state index is -1.34. The molecule has 0 saturated carbocycles. The van der Waals surface area contributed by atoms with Gasteiger partial charge in [0.2, 0.25) is 0 Å². The Morgan fingerprint density at radius 2 is 1.77 bits per heavy atom. The molecule has 0 radical (unpaired) electrons. The lowest BCUT2D eigenvalue weighted by Crippen LogP contribution is -2.23. The summed E-state index contributed by atoms with van der Waals surface area (Å²) in [7, 11) is 0. The first-order valence-electron chi connectivity index (χ1n) is 8.79. The van der Waals surface area contributed by atoms with E-state index in [9.17, 15) is 24.5 Å². The third-order valence-electron chi connectivity index (χ3n) is 3.51. The Morgan fingerprint density at radius 1 is 1.08 bits per heavy atom. The molecule has 0 bridgehead atoms. The second-order valence-electron chi connectivity index (χ2n) is 5.86. The van der Waals surface area contributed by atoms with Gasteiger partial charge in [-0.25, -0.2) is 4.39 Å². The van der Waals surface area contributed by atoms with E-state index < -0.39 is 30.5 Å². The largest absolute Gasteiger partial charge is 0.481 e. The van der Waals surface area contributed by atoms with Gasteiger partial charge in [-0.2, -0.15) is 0 Å². The first-order chi connectivity index (χ1) is 12.4. The number of carboxylic acid groups (broad SMARTS) is 1. The summed E-state index contributed by atoms with van der Waals surface area (Å²) in [4.78, 5) is 10.4. The number of hydrogen-bond donors (Lipinski definition) is 4. The zero-order valence-corrected chi connectivity index (χ0v) is 15.1. The van der Waals surface area contributed by atoms with Crippen molar-refractivity contribution in [3.63, 3.8) is 0 Å². The number of rotatable bonds is 12. The minimum Gasteiger partial charge on any atom is -0.481 e. The van der Waals surface area contributed by atoms with Gasteiger partial charge in [0.1, 0.15) is 12.3 Å². The molecular weight excluding hydrogens is 339 g/mol. The number of carboxylic acids is 1. The maximum Gasteiger partial charge on any atom is 0.303 e. The summed E-state index contributed by atoms with van der Waals surface area (Å²) in [6, 6.07) is 0. The highest BCUT2D eigenvalue weighted by atomic mass is 19.1. The zero-order chi connectivity index (χ0) is 19.8. The van der Waals surface area contributed by atoms with E-state index >= 15 is 0 Å². The van der Waals surface area contributed by atoms with E-state index in [4.69, 9.17) is 5.11 Å². The van der Waals surface area contributed by atoms with Gasteiger partial charge in [-0.1, -0.05) is 62.0 Å². The van der Waals surface area contributed by atoms with Crippen molar-refractivity contribution >= 4 is 5.97 Å². The van der Waals surface area contributed by atoms with E-state index in [1.165, 1.54) is 12.2 Å². The average Bonchev–Trinajstić information content (AvgIpc) is 2.60. The van der Waals surface area contributed by atoms with Crippen molar-refractivity contribution < 1.29 is 29.6 Å². The van der Waals surface area contributed by atoms with Crippen molar-refractivity contribution in [2.24, 2.45) is 0 Å². The van der Waals surface area contributed by atoms with Crippen molar-refractivity contribution in [1.82, 2.24) is 0 Å². The molecule has 0 fully saturated rings. The van der Waals surface area contributed by atoms with Crippen molar-refractivity contribution in [1.29, 1.82) is 0 Å². The summed E-state index contributed by atoms with van der Waals surface area (Å²) in [5.41, 5.74) is 0. The molecule has 0 rings (SSSR count). The van der Waals surface area contributed by atoms with Crippen LogP contribution in [0.3, 0.4) is 0 Å². The van der Waals surface area contributed by atoms with Crippen LogP contribution in [0.25, 0.3) is 0 Å². The van der Waals surface area contributed by atoms with Crippen LogP contribution in [0.5, 0.6) is 0 Å². The monoisotopic (exact) mass is 368 g/mol. The average molecular weight is 368 g/mol. The Kier molecular flexibility index (Phi) is 14.2. The predicted octanol–water partition coefficient (Wildman–Crippen LogP) is 2.52. The molecule has 4 atom stereocenters. The molecule has 0 aliphatic heterocycles. The van der Waals surface area contributed by atoms with E-state index in [-0.39, 0.29) is 12.8 Å². The Bertz CT molecular complexity index is 530. The number of aliphatic carboxylic acids is 1. The number of hydrogen-bond acceptors (Lipinski definition) is 4. The fourth-order valence-corrected chi connectivity index (χ4v) is 1.95. The number of aliphatic hydroxyl groups is 3. The van der Waals surface area contributed by atoms with Crippen molar-refractivity contribution in [2.45, 2.75) is 69.9 Å². The summed E-state index contributed by atoms with van der Waals surface area (Å²) in [6.45, 7) is 1.95. The molecule has 0 aliphatic carbocycles. The number of alkyl halides is 1. The minimum absolute atomic E-state index is 0.0460. The van der Waals surface area contributed by atoms with Gasteiger partial charge in [0.25, 0.3) is 0 Å². The third-order valence-corrected chi connectivity index (χ3v) is 3.51. The topological polar surface area (TPSA) is 98.0 Å².